The Hall–Kier alpha value is -7.35. The highest BCUT2D eigenvalue weighted by atomic mass is 79.9. The van der Waals surface area contributed by atoms with E-state index in [2.05, 4.69) is 237 Å². The van der Waals surface area contributed by atoms with E-state index in [1.165, 1.54) is 38.9 Å². The van der Waals surface area contributed by atoms with E-state index in [1.807, 2.05) is 32.2 Å². The lowest BCUT2D eigenvalue weighted by molar-refractivity contribution is 0.352. The molecule has 0 amide bonds. The summed E-state index contributed by atoms with van der Waals surface area (Å²) in [5, 5.41) is 0. The Bertz CT molecular complexity index is 4770. The highest BCUT2D eigenvalue weighted by Gasteiger charge is 2.36. The Kier molecular flexibility index (Phi) is 14.2. The van der Waals surface area contributed by atoms with Crippen molar-refractivity contribution in [3.05, 3.63) is 276 Å². The zero-order valence-corrected chi connectivity index (χ0v) is 57.1. The second kappa shape index (κ2) is 25.1. The van der Waals surface area contributed by atoms with Gasteiger partial charge in [-0.05, 0) is 199 Å². The van der Waals surface area contributed by atoms with Crippen molar-refractivity contribution >= 4 is 47.8 Å². The molecule has 12 rings (SSSR count). The molecular formula is C83H78Br3N3. The Labute approximate surface area is 568 Å². The van der Waals surface area contributed by atoms with Gasteiger partial charge in [0.2, 0.25) is 0 Å². The summed E-state index contributed by atoms with van der Waals surface area (Å²) in [5.74, 6) is 0.246. The third kappa shape index (κ3) is 13.2. The number of benzene rings is 8. The first-order valence-corrected chi connectivity index (χ1v) is 32.9. The van der Waals surface area contributed by atoms with Crippen LogP contribution in [-0.4, -0.2) is 15.0 Å². The van der Waals surface area contributed by atoms with Crippen molar-refractivity contribution in [2.24, 2.45) is 0 Å². The van der Waals surface area contributed by atoms with Gasteiger partial charge < -0.3 is 0 Å². The highest BCUT2D eigenvalue weighted by molar-refractivity contribution is 9.11. The standard InChI is InChI=1S/C83H78Br3N3/c1-51-38-78(88-49-73(51)53-20-14-12-15-21-53)55-27-32-69(76(85)43-55)71-46-61(81(3,4)5)29-34-65(71)59-40-58(64-24-18-19-25-67(64)68-31-26-57(45-75(68)84)80-48-63(36-37-87-80)83(9,10)11)41-60(42-59)66-35-30-62(82(6,7)8)47-72(66)70-33-28-56(44-77(70)86)79-39-52(2)74(50-89-79)54-22-16-13-17-23-54/h12-39,43-50,58-60H,40-42H2,1-11H3/i12D,13D,14D,15D,16D,17D,20D,21D,22D,23D. The molecule has 446 valence electrons. The van der Waals surface area contributed by atoms with Crippen LogP contribution in [0.25, 0.3) is 89.4 Å². The highest BCUT2D eigenvalue weighted by Crippen LogP contribution is 2.55. The summed E-state index contributed by atoms with van der Waals surface area (Å²) >= 11 is 12.4. The molecule has 3 aromatic heterocycles. The first-order chi connectivity index (χ1) is 46.7. The second-order valence-electron chi connectivity index (χ2n) is 27.0. The molecule has 0 aliphatic heterocycles. The van der Waals surface area contributed by atoms with Gasteiger partial charge in [0.15, 0.2) is 0 Å². The molecule has 3 heterocycles. The quantitative estimate of drug-likeness (QED) is 0.130. The molecule has 1 saturated carbocycles. The van der Waals surface area contributed by atoms with Gasteiger partial charge in [0.25, 0.3) is 0 Å². The van der Waals surface area contributed by atoms with Gasteiger partial charge in [-0.15, -0.1) is 0 Å². The van der Waals surface area contributed by atoms with Crippen molar-refractivity contribution in [1.29, 1.82) is 0 Å². The van der Waals surface area contributed by atoms with Gasteiger partial charge in [0.05, 0.1) is 30.8 Å². The van der Waals surface area contributed by atoms with Gasteiger partial charge in [-0.3, -0.25) is 15.0 Å². The molecule has 0 spiro atoms. The van der Waals surface area contributed by atoms with Gasteiger partial charge in [0.1, 0.15) is 0 Å². The third-order valence-electron chi connectivity index (χ3n) is 17.9. The molecule has 1 aliphatic carbocycles. The lowest BCUT2D eigenvalue weighted by atomic mass is 9.65. The first kappa shape index (κ1) is 50.4. The number of aromatic nitrogens is 3. The number of nitrogens with zero attached hydrogens (tertiary/aromatic N) is 3. The Morgan fingerprint density at radius 2 is 0.719 bits per heavy atom. The normalized spacial score (nSPS) is 17.1. The van der Waals surface area contributed by atoms with E-state index in [9.17, 15) is 0 Å². The zero-order valence-electron chi connectivity index (χ0n) is 62.3. The average molecular weight is 1370 g/mol. The van der Waals surface area contributed by atoms with Crippen molar-refractivity contribution in [3.8, 4) is 89.4 Å². The molecule has 3 nitrogen and oxygen atoms in total. The molecule has 0 N–H and O–H groups in total. The maximum atomic E-state index is 8.71. The van der Waals surface area contributed by atoms with E-state index in [4.69, 9.17) is 28.7 Å². The number of hydrogen-bond acceptors (Lipinski definition) is 3. The molecule has 2 atom stereocenters. The molecular weight excluding hydrogens is 1280 g/mol. The lowest BCUT2D eigenvalue weighted by Crippen LogP contribution is -2.22. The number of aryl methyl sites for hydroxylation is 2. The smallest absolute Gasteiger partial charge is 0.0705 e. The van der Waals surface area contributed by atoms with Crippen molar-refractivity contribution in [2.75, 3.05) is 0 Å². The fourth-order valence-electron chi connectivity index (χ4n) is 12.9. The van der Waals surface area contributed by atoms with Crippen LogP contribution >= 0.6 is 47.8 Å². The monoisotopic (exact) mass is 1360 g/mol. The minimum atomic E-state index is -0.433. The fourth-order valence-corrected chi connectivity index (χ4v) is 14.6. The predicted molar refractivity (Wildman–Crippen MR) is 387 cm³/mol. The minimum Gasteiger partial charge on any atom is -0.256 e. The summed E-state index contributed by atoms with van der Waals surface area (Å²) in [6.07, 6.45) is 7.76. The van der Waals surface area contributed by atoms with Gasteiger partial charge >= 0.3 is 0 Å². The van der Waals surface area contributed by atoms with Crippen LogP contribution in [-0.2, 0) is 16.2 Å². The van der Waals surface area contributed by atoms with Crippen LogP contribution in [0.15, 0.2) is 232 Å². The average Bonchev–Trinajstić information content (AvgIpc) is 0.776. The molecule has 6 heteroatoms. The van der Waals surface area contributed by atoms with Crippen molar-refractivity contribution < 1.29 is 13.7 Å². The number of rotatable bonds is 11. The lowest BCUT2D eigenvalue weighted by Gasteiger charge is -2.39. The zero-order chi connectivity index (χ0) is 71.2. The van der Waals surface area contributed by atoms with Crippen LogP contribution in [0.2, 0.25) is 0 Å². The Morgan fingerprint density at radius 1 is 0.348 bits per heavy atom. The van der Waals surface area contributed by atoms with Gasteiger partial charge in [0, 0.05) is 59.8 Å². The van der Waals surface area contributed by atoms with E-state index >= 15 is 0 Å². The number of hydrogen-bond donors (Lipinski definition) is 0. The molecule has 89 heavy (non-hydrogen) atoms. The van der Waals surface area contributed by atoms with Crippen LogP contribution in [0.1, 0.15) is 158 Å². The maximum absolute atomic E-state index is 8.71. The predicted octanol–water partition coefficient (Wildman–Crippen LogP) is 24.8. The summed E-state index contributed by atoms with van der Waals surface area (Å²) in [4.78, 5) is 14.6. The SMILES string of the molecule is [2H]c1c([2H])c([2H])c(-c2cnc(-c3ccc(-c4cc(C(C)(C)C)ccc4C4CC(c5ccccc5-c5ccc(-c6cc(C(C)(C)C)ccn6)cc5Br)CC(c5ccc(C(C)(C)C)cc5-c5ccc(-c6cc(C)c(-c7c([2H])c([2H])c([2H])c([2H])c7[2H])cn6)cc5Br)C4)c(Br)c3)cc2C)c([2H])c1[2H]. The Morgan fingerprint density at radius 3 is 1.11 bits per heavy atom. The van der Waals surface area contributed by atoms with Gasteiger partial charge in [-0.1, -0.05) is 268 Å². The minimum absolute atomic E-state index is 0.0357. The van der Waals surface area contributed by atoms with Crippen LogP contribution in [0.5, 0.6) is 0 Å². The summed E-state index contributed by atoms with van der Waals surface area (Å²) in [6, 6.07) is 47.3. The topological polar surface area (TPSA) is 38.7 Å². The Balaban J connectivity index is 0.984. The van der Waals surface area contributed by atoms with E-state index in [1.54, 1.807) is 12.4 Å². The van der Waals surface area contributed by atoms with Crippen molar-refractivity contribution in [3.63, 3.8) is 0 Å². The molecule has 1 fully saturated rings. The molecule has 1 aliphatic rings. The molecule has 0 bridgehead atoms. The summed E-state index contributed by atoms with van der Waals surface area (Å²) in [7, 11) is 0. The summed E-state index contributed by atoms with van der Waals surface area (Å²) in [5.41, 5.74) is 21.5. The van der Waals surface area contributed by atoms with Gasteiger partial charge in [-0.25, -0.2) is 0 Å². The van der Waals surface area contributed by atoms with Gasteiger partial charge in [-0.2, -0.15) is 0 Å². The van der Waals surface area contributed by atoms with Crippen LogP contribution in [0.3, 0.4) is 0 Å². The van der Waals surface area contributed by atoms with E-state index in [0.29, 0.717) is 22.5 Å². The molecule has 0 saturated heterocycles. The van der Waals surface area contributed by atoms with E-state index in [0.717, 1.165) is 94.0 Å². The summed E-state index contributed by atoms with van der Waals surface area (Å²) in [6.45, 7) is 24.0. The van der Waals surface area contributed by atoms with E-state index < -0.39 is 12.1 Å². The van der Waals surface area contributed by atoms with Crippen LogP contribution < -0.4 is 0 Å². The molecule has 2 unspecified atom stereocenters. The largest absolute Gasteiger partial charge is 0.256 e. The molecule has 11 aromatic rings. The number of halogens is 3. The molecule has 8 aromatic carbocycles. The summed E-state index contributed by atoms with van der Waals surface area (Å²) < 4.78 is 87.4. The maximum Gasteiger partial charge on any atom is 0.0705 e. The number of pyridine rings is 3. The van der Waals surface area contributed by atoms with E-state index in [-0.39, 0.29) is 93.5 Å². The van der Waals surface area contributed by atoms with Crippen LogP contribution in [0, 0.1) is 13.8 Å². The molecule has 0 radical (unpaired) electrons. The fraction of sp³-hybridized carbons (Fsp3) is 0.241. The third-order valence-corrected chi connectivity index (χ3v) is 19.8. The van der Waals surface area contributed by atoms with Crippen molar-refractivity contribution in [2.45, 2.75) is 129 Å². The van der Waals surface area contributed by atoms with Crippen molar-refractivity contribution in [1.82, 2.24) is 15.0 Å². The van der Waals surface area contributed by atoms with Crippen LogP contribution in [0.4, 0.5) is 0 Å². The second-order valence-corrected chi connectivity index (χ2v) is 29.6. The first-order valence-electron chi connectivity index (χ1n) is 35.5.